The molecule has 12 rings (SSSR count). The maximum absolute atomic E-state index is 6.62. The van der Waals surface area contributed by atoms with E-state index in [-0.39, 0.29) is 0 Å². The molecule has 0 spiro atoms. The topological polar surface area (TPSA) is 43.9 Å². The Morgan fingerprint density at radius 2 is 1.04 bits per heavy atom. The van der Waals surface area contributed by atoms with Gasteiger partial charge in [0.05, 0.1) is 22.4 Å². The largest absolute Gasteiger partial charge is 0.454 e. The second kappa shape index (κ2) is 12.3. The van der Waals surface area contributed by atoms with Crippen molar-refractivity contribution in [2.24, 2.45) is 0 Å². The van der Waals surface area contributed by atoms with E-state index in [9.17, 15) is 0 Å². The molecule has 0 saturated carbocycles. The molecule has 5 heteroatoms. The van der Waals surface area contributed by atoms with Gasteiger partial charge in [-0.05, 0) is 58.0 Å². The minimum Gasteiger partial charge on any atom is -0.454 e. The van der Waals surface area contributed by atoms with Crippen molar-refractivity contribution >= 4 is 72.6 Å². The molecular weight excluding hydrogens is 711 g/mol. The predicted octanol–water partition coefficient (Wildman–Crippen LogP) is 10.2. The van der Waals surface area contributed by atoms with Crippen LogP contribution >= 0.6 is 0 Å². The van der Waals surface area contributed by atoms with Crippen LogP contribution in [0, 0.1) is 0 Å². The van der Waals surface area contributed by atoms with Crippen LogP contribution in [-0.4, -0.2) is 22.6 Å². The van der Waals surface area contributed by atoms with E-state index in [1.165, 1.54) is 37.1 Å². The van der Waals surface area contributed by atoms with Crippen LogP contribution < -0.4 is 20.7 Å². The Morgan fingerprint density at radius 1 is 0.439 bits per heavy atom. The zero-order valence-corrected chi connectivity index (χ0v) is 31.8. The fourth-order valence-electron chi connectivity index (χ4n) is 9.50. The van der Waals surface area contributed by atoms with Crippen LogP contribution in [0.1, 0.15) is 0 Å². The minimum absolute atomic E-state index is 0.710. The number of fused-ring (bicyclic) bond motifs is 10. The Morgan fingerprint density at radius 3 is 1.79 bits per heavy atom. The van der Waals surface area contributed by atoms with E-state index in [1.54, 1.807) is 0 Å². The van der Waals surface area contributed by atoms with Gasteiger partial charge in [0.2, 0.25) is 0 Å². The zero-order valence-electron chi connectivity index (χ0n) is 30.8. The third kappa shape index (κ3) is 4.55. The first-order valence-electron chi connectivity index (χ1n) is 19.4. The number of rotatable bonds is 5. The van der Waals surface area contributed by atoms with Crippen molar-refractivity contribution in [1.29, 1.82) is 0 Å². The Bertz CT molecular complexity index is 3300. The molecule has 0 aliphatic carbocycles. The molecule has 0 atom stereocenters. The molecule has 0 bridgehead atoms. The summed E-state index contributed by atoms with van der Waals surface area (Å²) in [6.07, 6.45) is 0. The van der Waals surface area contributed by atoms with Gasteiger partial charge in [0, 0.05) is 49.1 Å². The molecule has 1 aliphatic heterocycles. The number of hydrogen-bond donors (Lipinski definition) is 0. The van der Waals surface area contributed by atoms with Crippen molar-refractivity contribution in [3.8, 4) is 39.6 Å². The number of para-hydroxylation sites is 2. The molecule has 11 aromatic rings. The van der Waals surface area contributed by atoms with Crippen molar-refractivity contribution in [3.63, 3.8) is 0 Å². The second-order valence-corrected chi connectivity index (χ2v) is 18.5. The Balaban J connectivity index is 1.10. The Labute approximate surface area is 330 Å². The molecule has 0 fully saturated rings. The summed E-state index contributed by atoms with van der Waals surface area (Å²) in [6, 6.07) is 71.8. The molecule has 1 aliphatic rings. The zero-order chi connectivity index (χ0) is 37.5. The van der Waals surface area contributed by atoms with Crippen molar-refractivity contribution in [1.82, 2.24) is 14.5 Å². The number of nitrogens with zero attached hydrogens (tertiary/aromatic N) is 3. The third-order valence-corrected chi connectivity index (χ3v) is 16.8. The van der Waals surface area contributed by atoms with Crippen LogP contribution in [0.3, 0.4) is 0 Å². The molecule has 8 aromatic carbocycles. The first kappa shape index (κ1) is 32.0. The molecule has 0 radical (unpaired) electrons. The van der Waals surface area contributed by atoms with E-state index in [2.05, 4.69) is 193 Å². The highest BCUT2D eigenvalue weighted by Gasteiger charge is 2.51. The first-order valence-corrected chi connectivity index (χ1v) is 21.4. The average Bonchev–Trinajstić information content (AvgIpc) is 3.94. The van der Waals surface area contributed by atoms with Gasteiger partial charge in [0.15, 0.2) is 19.5 Å². The number of benzene rings is 8. The van der Waals surface area contributed by atoms with Gasteiger partial charge in [-0.25, -0.2) is 9.97 Å². The van der Waals surface area contributed by atoms with Crippen LogP contribution in [0.5, 0.6) is 0 Å². The van der Waals surface area contributed by atoms with Crippen LogP contribution in [0.15, 0.2) is 205 Å². The summed E-state index contributed by atoms with van der Waals surface area (Å²) in [5, 5.41) is 9.83. The van der Waals surface area contributed by atoms with E-state index in [0.717, 1.165) is 61.2 Å². The molecule has 0 unspecified atom stereocenters. The summed E-state index contributed by atoms with van der Waals surface area (Å²) in [4.78, 5) is 11.1. The quantitative estimate of drug-likeness (QED) is 0.165. The Kier molecular flexibility index (Phi) is 6.91. The molecule has 0 N–H and O–H groups in total. The molecule has 4 nitrogen and oxygen atoms in total. The SMILES string of the molecule is c1ccc(-c2nc(-c3ccc(-n4c5ccccc5c5ccc6c7ccccc7oc6c54)cc3)nc3c2[Si](c2ccccc2)(c2ccccc2)c2ccccc2-3)cc1. The van der Waals surface area contributed by atoms with E-state index in [4.69, 9.17) is 14.4 Å². The van der Waals surface area contributed by atoms with Crippen molar-refractivity contribution in [3.05, 3.63) is 200 Å². The smallest absolute Gasteiger partial charge is 0.185 e. The lowest BCUT2D eigenvalue weighted by atomic mass is 10.1. The highest BCUT2D eigenvalue weighted by molar-refractivity contribution is 7.22. The fraction of sp³-hybridized carbons (Fsp3) is 0. The van der Waals surface area contributed by atoms with Gasteiger partial charge in [-0.1, -0.05) is 158 Å². The summed E-state index contributed by atoms with van der Waals surface area (Å²) in [6.45, 7) is 0. The van der Waals surface area contributed by atoms with Gasteiger partial charge in [0.25, 0.3) is 0 Å². The molecule has 266 valence electrons. The summed E-state index contributed by atoms with van der Waals surface area (Å²) in [5.74, 6) is 0.710. The highest BCUT2D eigenvalue weighted by atomic mass is 28.3. The number of aromatic nitrogens is 3. The van der Waals surface area contributed by atoms with Crippen LogP contribution in [0.2, 0.25) is 0 Å². The molecular formula is C52H33N3OSi. The number of furan rings is 1. The van der Waals surface area contributed by atoms with Crippen LogP contribution in [0.4, 0.5) is 0 Å². The van der Waals surface area contributed by atoms with Crippen molar-refractivity contribution in [2.45, 2.75) is 0 Å². The maximum Gasteiger partial charge on any atom is 0.185 e. The van der Waals surface area contributed by atoms with Gasteiger partial charge in [-0.2, -0.15) is 0 Å². The average molecular weight is 744 g/mol. The van der Waals surface area contributed by atoms with E-state index < -0.39 is 8.07 Å². The third-order valence-electron chi connectivity index (χ3n) is 11.9. The van der Waals surface area contributed by atoms with Crippen LogP contribution in [0.25, 0.3) is 83.3 Å². The standard InChI is InChI=1S/C52H33N3OSi/c1-4-16-34(17-5-1)47-51-48(43-24-12-15-27-46(43)57(51,37-18-6-2-7-19-37)38-20-8-3-9-21-38)54-52(53-47)35-28-30-36(31-29-35)55-44-25-13-10-22-39(44)41-32-33-42-40-23-11-14-26-45(40)56-50(42)49(41)55/h1-33H. The monoisotopic (exact) mass is 743 g/mol. The maximum atomic E-state index is 6.62. The van der Waals surface area contributed by atoms with Crippen molar-refractivity contribution < 1.29 is 4.42 Å². The van der Waals surface area contributed by atoms with E-state index in [1.807, 2.05) is 12.1 Å². The lowest BCUT2D eigenvalue weighted by Crippen LogP contribution is -2.73. The molecule has 4 heterocycles. The first-order chi connectivity index (χ1) is 28.3. The number of hydrogen-bond acceptors (Lipinski definition) is 3. The lowest BCUT2D eigenvalue weighted by Gasteiger charge is -2.32. The van der Waals surface area contributed by atoms with Gasteiger partial charge in [-0.15, -0.1) is 0 Å². The molecule has 0 amide bonds. The summed E-state index contributed by atoms with van der Waals surface area (Å²) in [5.41, 5.74) is 10.3. The van der Waals surface area contributed by atoms with Crippen molar-refractivity contribution in [2.75, 3.05) is 0 Å². The van der Waals surface area contributed by atoms with Gasteiger partial charge in [0.1, 0.15) is 5.58 Å². The lowest BCUT2D eigenvalue weighted by molar-refractivity contribution is 0.671. The van der Waals surface area contributed by atoms with Gasteiger partial charge >= 0.3 is 0 Å². The van der Waals surface area contributed by atoms with Crippen LogP contribution in [-0.2, 0) is 0 Å². The molecule has 0 saturated heterocycles. The molecule has 3 aromatic heterocycles. The predicted molar refractivity (Wildman–Crippen MR) is 237 cm³/mol. The van der Waals surface area contributed by atoms with Gasteiger partial charge in [-0.3, -0.25) is 0 Å². The minimum atomic E-state index is -2.85. The fourth-order valence-corrected chi connectivity index (χ4v) is 14.7. The highest BCUT2D eigenvalue weighted by Crippen LogP contribution is 2.41. The summed E-state index contributed by atoms with van der Waals surface area (Å²) < 4.78 is 8.96. The van der Waals surface area contributed by atoms with E-state index >= 15 is 0 Å². The normalized spacial score (nSPS) is 13.1. The summed E-state index contributed by atoms with van der Waals surface area (Å²) >= 11 is 0. The molecule has 57 heavy (non-hydrogen) atoms. The second-order valence-electron chi connectivity index (χ2n) is 14.8. The summed E-state index contributed by atoms with van der Waals surface area (Å²) in [7, 11) is -2.85. The van der Waals surface area contributed by atoms with E-state index in [0.29, 0.717) is 5.82 Å². The van der Waals surface area contributed by atoms with Gasteiger partial charge < -0.3 is 8.98 Å². The Hall–Kier alpha value is -7.34.